The first kappa shape index (κ1) is 18.2. The van der Waals surface area contributed by atoms with Crippen LogP contribution in [-0.4, -0.2) is 33.6 Å². The minimum absolute atomic E-state index is 0.171. The number of rotatable bonds is 3. The van der Waals surface area contributed by atoms with Crippen LogP contribution in [0.2, 0.25) is 0 Å². The Morgan fingerprint density at radius 3 is 2.72 bits per heavy atom. The maximum atomic E-state index is 13.3. The highest BCUT2D eigenvalue weighted by Crippen LogP contribution is 2.42. The summed E-state index contributed by atoms with van der Waals surface area (Å²) in [4.78, 5) is 9.28. The van der Waals surface area contributed by atoms with E-state index < -0.39 is 22.5 Å². The van der Waals surface area contributed by atoms with Crippen LogP contribution in [0.4, 0.5) is 13.2 Å². The lowest BCUT2D eigenvalue weighted by Gasteiger charge is -2.13. The molecule has 1 unspecified atom stereocenters. The van der Waals surface area contributed by atoms with E-state index in [1.54, 1.807) is 6.07 Å². The molecule has 3 rings (SSSR count). The van der Waals surface area contributed by atoms with E-state index in [1.165, 1.54) is 24.5 Å². The number of halogens is 3. The minimum atomic E-state index is -4.56. The SMILES string of the molecule is Cc1ncc(C(F)(F)F)c(-c2cc(S(C)=O)c(C3=CCOCC3)s2)n1. The maximum Gasteiger partial charge on any atom is 0.420 e. The molecule has 0 saturated heterocycles. The normalized spacial score (nSPS) is 16.6. The summed E-state index contributed by atoms with van der Waals surface area (Å²) in [5, 5.41) is 0. The van der Waals surface area contributed by atoms with Gasteiger partial charge in [-0.3, -0.25) is 4.21 Å². The van der Waals surface area contributed by atoms with Crippen LogP contribution in [0.3, 0.4) is 0 Å². The van der Waals surface area contributed by atoms with Gasteiger partial charge < -0.3 is 4.74 Å². The Hall–Kier alpha value is -1.58. The van der Waals surface area contributed by atoms with Gasteiger partial charge in [-0.05, 0) is 25.0 Å². The zero-order chi connectivity index (χ0) is 18.2. The van der Waals surface area contributed by atoms with Crippen molar-refractivity contribution in [1.29, 1.82) is 0 Å². The van der Waals surface area contributed by atoms with Crippen molar-refractivity contribution in [2.24, 2.45) is 0 Å². The molecule has 2 aromatic heterocycles. The number of thiophene rings is 1. The third kappa shape index (κ3) is 3.83. The quantitative estimate of drug-likeness (QED) is 0.795. The van der Waals surface area contributed by atoms with Crippen LogP contribution in [-0.2, 0) is 21.7 Å². The lowest BCUT2D eigenvalue weighted by Crippen LogP contribution is -2.09. The molecule has 0 aliphatic carbocycles. The first-order valence-corrected chi connectivity index (χ1v) is 9.80. The molecule has 0 fully saturated rings. The highest BCUT2D eigenvalue weighted by Gasteiger charge is 2.36. The van der Waals surface area contributed by atoms with Crippen molar-refractivity contribution >= 4 is 27.7 Å². The van der Waals surface area contributed by atoms with Crippen LogP contribution in [0, 0.1) is 6.92 Å². The Balaban J connectivity index is 2.18. The van der Waals surface area contributed by atoms with E-state index in [-0.39, 0.29) is 11.5 Å². The highest BCUT2D eigenvalue weighted by atomic mass is 32.2. The lowest BCUT2D eigenvalue weighted by atomic mass is 10.1. The first-order chi connectivity index (χ1) is 11.8. The third-order valence-corrected chi connectivity index (χ3v) is 6.00. The Labute approximate surface area is 149 Å². The smallest absolute Gasteiger partial charge is 0.377 e. The van der Waals surface area contributed by atoms with E-state index in [1.807, 2.05) is 6.08 Å². The predicted molar refractivity (Wildman–Crippen MR) is 90.8 cm³/mol. The van der Waals surface area contributed by atoms with Gasteiger partial charge in [0.25, 0.3) is 0 Å². The number of aromatic nitrogens is 2. The van der Waals surface area contributed by atoms with Crippen molar-refractivity contribution < 1.29 is 22.1 Å². The molecule has 25 heavy (non-hydrogen) atoms. The zero-order valence-electron chi connectivity index (χ0n) is 13.5. The van der Waals surface area contributed by atoms with Crippen molar-refractivity contribution in [2.45, 2.75) is 24.4 Å². The van der Waals surface area contributed by atoms with Gasteiger partial charge in [0.2, 0.25) is 0 Å². The van der Waals surface area contributed by atoms with Crippen LogP contribution in [0.5, 0.6) is 0 Å². The van der Waals surface area contributed by atoms with E-state index in [9.17, 15) is 17.4 Å². The van der Waals surface area contributed by atoms with Gasteiger partial charge in [0.1, 0.15) is 11.4 Å². The molecule has 134 valence electrons. The van der Waals surface area contributed by atoms with Crippen LogP contribution in [0.15, 0.2) is 23.2 Å². The molecule has 0 radical (unpaired) electrons. The van der Waals surface area contributed by atoms with Crippen molar-refractivity contribution in [3.8, 4) is 10.6 Å². The molecule has 2 aromatic rings. The van der Waals surface area contributed by atoms with Crippen LogP contribution >= 0.6 is 11.3 Å². The molecule has 0 aromatic carbocycles. The van der Waals surface area contributed by atoms with Crippen molar-refractivity contribution in [1.82, 2.24) is 9.97 Å². The number of aryl methyl sites for hydroxylation is 1. The molecule has 0 bridgehead atoms. The number of alkyl halides is 3. The highest BCUT2D eigenvalue weighted by molar-refractivity contribution is 7.84. The molecule has 0 saturated carbocycles. The Kier molecular flexibility index (Phi) is 5.08. The van der Waals surface area contributed by atoms with Gasteiger partial charge in [0.05, 0.1) is 39.5 Å². The molecule has 4 nitrogen and oxygen atoms in total. The molecule has 1 aliphatic heterocycles. The topological polar surface area (TPSA) is 52.1 Å². The van der Waals surface area contributed by atoms with Gasteiger partial charge in [-0.15, -0.1) is 11.3 Å². The molecular weight excluding hydrogens is 373 g/mol. The monoisotopic (exact) mass is 388 g/mol. The van der Waals surface area contributed by atoms with Gasteiger partial charge in [0.15, 0.2) is 0 Å². The Morgan fingerprint density at radius 1 is 1.36 bits per heavy atom. The zero-order valence-corrected chi connectivity index (χ0v) is 15.1. The van der Waals surface area contributed by atoms with Crippen LogP contribution in [0.25, 0.3) is 16.1 Å². The molecule has 3 heterocycles. The predicted octanol–water partition coefficient (Wildman–Crippen LogP) is 4.07. The molecule has 0 amide bonds. The number of nitrogens with zero attached hydrogens (tertiary/aromatic N) is 2. The van der Waals surface area contributed by atoms with Crippen molar-refractivity contribution in [2.75, 3.05) is 19.5 Å². The summed E-state index contributed by atoms with van der Waals surface area (Å²) in [5.74, 6) is 0.252. The van der Waals surface area contributed by atoms with E-state index in [4.69, 9.17) is 4.74 Å². The summed E-state index contributed by atoms with van der Waals surface area (Å²) in [6, 6.07) is 1.55. The fourth-order valence-corrected chi connectivity index (χ4v) is 4.88. The second-order valence-electron chi connectivity index (χ2n) is 5.49. The van der Waals surface area contributed by atoms with Crippen molar-refractivity contribution in [3.63, 3.8) is 0 Å². The summed E-state index contributed by atoms with van der Waals surface area (Å²) >= 11 is 1.18. The second-order valence-corrected chi connectivity index (χ2v) is 7.89. The third-order valence-electron chi connectivity index (χ3n) is 3.71. The van der Waals surface area contributed by atoms with Gasteiger partial charge in [-0.1, -0.05) is 6.08 Å². The fraction of sp³-hybridized carbons (Fsp3) is 0.375. The molecular formula is C16H15F3N2O2S2. The van der Waals surface area contributed by atoms with Gasteiger partial charge in [-0.25, -0.2) is 9.97 Å². The molecule has 0 spiro atoms. The molecule has 0 N–H and O–H groups in total. The average molecular weight is 388 g/mol. The standard InChI is InChI=1S/C16H15F3N2O2S2/c1-9-20-8-11(16(17,18)19)14(21-9)12-7-13(25(2)22)15(24-12)10-3-5-23-6-4-10/h3,7-8H,4-6H2,1-2H3. The number of hydrogen-bond donors (Lipinski definition) is 0. The van der Waals surface area contributed by atoms with Gasteiger partial charge in [-0.2, -0.15) is 13.2 Å². The maximum absolute atomic E-state index is 13.3. The van der Waals surface area contributed by atoms with E-state index in [2.05, 4.69) is 9.97 Å². The number of ether oxygens (including phenoxy) is 1. The minimum Gasteiger partial charge on any atom is -0.377 e. The Morgan fingerprint density at radius 2 is 2.12 bits per heavy atom. The summed E-state index contributed by atoms with van der Waals surface area (Å²) in [7, 11) is -1.32. The van der Waals surface area contributed by atoms with E-state index in [0.29, 0.717) is 29.4 Å². The molecule has 9 heteroatoms. The molecule has 1 atom stereocenters. The largest absolute Gasteiger partial charge is 0.420 e. The lowest BCUT2D eigenvalue weighted by molar-refractivity contribution is -0.137. The van der Waals surface area contributed by atoms with Gasteiger partial charge in [0, 0.05) is 17.3 Å². The summed E-state index contributed by atoms with van der Waals surface area (Å²) in [6.07, 6.45) is 0.277. The summed E-state index contributed by atoms with van der Waals surface area (Å²) in [6.45, 7) is 2.52. The Bertz CT molecular complexity index is 860. The molecule has 1 aliphatic rings. The van der Waals surface area contributed by atoms with E-state index in [0.717, 1.165) is 16.6 Å². The van der Waals surface area contributed by atoms with E-state index >= 15 is 0 Å². The van der Waals surface area contributed by atoms with Crippen LogP contribution < -0.4 is 0 Å². The fourth-order valence-electron chi connectivity index (χ4n) is 2.53. The average Bonchev–Trinajstić information content (AvgIpc) is 3.00. The number of hydrogen-bond acceptors (Lipinski definition) is 5. The van der Waals surface area contributed by atoms with Gasteiger partial charge >= 0.3 is 6.18 Å². The summed E-state index contributed by atoms with van der Waals surface area (Å²) < 4.78 is 57.4. The van der Waals surface area contributed by atoms with Crippen molar-refractivity contribution in [3.05, 3.63) is 34.6 Å². The second kappa shape index (κ2) is 6.97. The summed E-state index contributed by atoms with van der Waals surface area (Å²) in [5.41, 5.74) is -0.108. The first-order valence-electron chi connectivity index (χ1n) is 7.43. The van der Waals surface area contributed by atoms with Crippen LogP contribution in [0.1, 0.15) is 22.7 Å².